The van der Waals surface area contributed by atoms with Crippen molar-refractivity contribution in [3.8, 4) is 0 Å². The first-order chi connectivity index (χ1) is 15.2. The number of aliphatic hydroxyl groups excluding tert-OH is 1. The van der Waals surface area contributed by atoms with Gasteiger partial charge >= 0.3 is 5.97 Å². The number of hydrogen-bond acceptors (Lipinski definition) is 5. The van der Waals surface area contributed by atoms with Crippen LogP contribution in [0.25, 0.3) is 6.08 Å². The van der Waals surface area contributed by atoms with Crippen molar-refractivity contribution >= 4 is 18.0 Å². The maximum Gasteiger partial charge on any atom is 0.331 e. The van der Waals surface area contributed by atoms with Crippen molar-refractivity contribution in [3.63, 3.8) is 0 Å². The molecule has 32 heavy (non-hydrogen) atoms. The Labute approximate surface area is 190 Å². The van der Waals surface area contributed by atoms with Crippen LogP contribution >= 0.6 is 0 Å². The second-order valence-electron chi connectivity index (χ2n) is 10.2. The lowest BCUT2D eigenvalue weighted by atomic mass is 9.69. The highest BCUT2D eigenvalue weighted by atomic mass is 16.6. The monoisotopic (exact) mass is 441 g/mol. The zero-order valence-corrected chi connectivity index (χ0v) is 19.4. The lowest BCUT2D eigenvalue weighted by Gasteiger charge is -2.53. The number of aliphatic hydroxyl groups is 1. The molecule has 0 spiro atoms. The smallest absolute Gasteiger partial charge is 0.331 e. The van der Waals surface area contributed by atoms with Crippen molar-refractivity contribution in [1.82, 2.24) is 5.32 Å². The van der Waals surface area contributed by atoms with Crippen LogP contribution in [0.5, 0.6) is 0 Å². The molecule has 3 aliphatic rings. The molecule has 7 atom stereocenters. The summed E-state index contributed by atoms with van der Waals surface area (Å²) in [6.07, 6.45) is 5.44. The minimum absolute atomic E-state index is 0.0857. The Morgan fingerprint density at radius 3 is 2.66 bits per heavy atom. The highest BCUT2D eigenvalue weighted by molar-refractivity contribution is 5.87. The summed E-state index contributed by atoms with van der Waals surface area (Å²) in [5.74, 6) is 0.0556. The fourth-order valence-corrected chi connectivity index (χ4v) is 6.47. The third kappa shape index (κ3) is 3.77. The highest BCUT2D eigenvalue weighted by Gasteiger charge is 2.71. The Kier molecular flexibility index (Phi) is 6.21. The molecule has 174 valence electrons. The quantitative estimate of drug-likeness (QED) is 0.523. The molecule has 2 bridgehead atoms. The van der Waals surface area contributed by atoms with Crippen molar-refractivity contribution in [1.29, 1.82) is 0 Å². The second kappa shape index (κ2) is 8.64. The molecule has 0 radical (unpaired) electrons. The maximum absolute atomic E-state index is 12.9. The zero-order chi connectivity index (χ0) is 23.1. The van der Waals surface area contributed by atoms with Crippen LogP contribution in [0.4, 0.5) is 0 Å². The van der Waals surface area contributed by atoms with E-state index in [1.54, 1.807) is 6.08 Å². The van der Waals surface area contributed by atoms with Gasteiger partial charge in [0.25, 0.3) is 0 Å². The van der Waals surface area contributed by atoms with Crippen LogP contribution in [0.2, 0.25) is 0 Å². The number of hydrogen-bond donors (Lipinski definition) is 2. The number of ether oxygens (including phenoxy) is 2. The maximum atomic E-state index is 12.9. The highest BCUT2D eigenvalue weighted by Crippen LogP contribution is 2.62. The van der Waals surface area contributed by atoms with Gasteiger partial charge in [0.2, 0.25) is 5.91 Å². The number of amides is 1. The summed E-state index contributed by atoms with van der Waals surface area (Å²) in [4.78, 5) is 25.0. The molecule has 6 heteroatoms. The molecule has 1 aromatic carbocycles. The van der Waals surface area contributed by atoms with Crippen LogP contribution in [0.15, 0.2) is 36.4 Å². The van der Waals surface area contributed by atoms with Crippen molar-refractivity contribution < 1.29 is 24.2 Å². The lowest BCUT2D eigenvalue weighted by molar-refractivity contribution is -0.259. The first-order valence-corrected chi connectivity index (χ1v) is 11.8. The fourth-order valence-electron chi connectivity index (χ4n) is 6.47. The molecule has 4 rings (SSSR count). The molecular weight excluding hydrogens is 406 g/mol. The average Bonchev–Trinajstić information content (AvgIpc) is 3.28. The van der Waals surface area contributed by atoms with E-state index in [0.717, 1.165) is 18.4 Å². The molecule has 2 aliphatic heterocycles. The number of fused-ring (bicyclic) bond motifs is 4. The summed E-state index contributed by atoms with van der Waals surface area (Å²) in [5, 5.41) is 12.3. The van der Waals surface area contributed by atoms with Crippen LogP contribution < -0.4 is 5.32 Å². The lowest BCUT2D eigenvalue weighted by Crippen LogP contribution is -2.63. The van der Waals surface area contributed by atoms with E-state index >= 15 is 0 Å². The topological polar surface area (TPSA) is 84.9 Å². The van der Waals surface area contributed by atoms with Gasteiger partial charge in [-0.3, -0.25) is 4.79 Å². The van der Waals surface area contributed by atoms with Crippen molar-refractivity contribution in [2.75, 3.05) is 6.61 Å². The second-order valence-corrected chi connectivity index (χ2v) is 10.2. The molecule has 3 fully saturated rings. The molecule has 2 saturated heterocycles. The number of carbonyl (C=O) groups is 2. The van der Waals surface area contributed by atoms with Gasteiger partial charge in [-0.25, -0.2) is 4.79 Å². The average molecular weight is 442 g/mol. The molecule has 1 aromatic rings. The van der Waals surface area contributed by atoms with Gasteiger partial charge in [-0.1, -0.05) is 51.1 Å². The third-order valence-electron chi connectivity index (χ3n) is 8.16. The Morgan fingerprint density at radius 1 is 1.28 bits per heavy atom. The Hall–Kier alpha value is -2.18. The van der Waals surface area contributed by atoms with E-state index in [0.29, 0.717) is 12.3 Å². The van der Waals surface area contributed by atoms with Gasteiger partial charge in [-0.2, -0.15) is 0 Å². The van der Waals surface area contributed by atoms with Gasteiger partial charge in [-0.15, -0.1) is 0 Å². The summed E-state index contributed by atoms with van der Waals surface area (Å²) in [7, 11) is 0. The predicted molar refractivity (Wildman–Crippen MR) is 121 cm³/mol. The summed E-state index contributed by atoms with van der Waals surface area (Å²) in [5.41, 5.74) is -0.291. The van der Waals surface area contributed by atoms with Gasteiger partial charge in [0.05, 0.1) is 11.6 Å². The van der Waals surface area contributed by atoms with E-state index in [4.69, 9.17) is 9.47 Å². The Balaban J connectivity index is 1.65. The molecule has 6 nitrogen and oxygen atoms in total. The molecule has 0 aromatic heterocycles. The summed E-state index contributed by atoms with van der Waals surface area (Å²) in [6.45, 7) is 7.96. The molecule has 0 unspecified atom stereocenters. The van der Waals surface area contributed by atoms with Crippen molar-refractivity contribution in [2.45, 2.75) is 70.3 Å². The molecular formula is C26H35NO5. The standard InChI is InChI=1S/C26H35NO5/c1-16(2)26-14-20(27-21(29)15-28)25(4,32-26)19-12-10-17(3)23(19)24(26)31-22(30)13-11-18-8-6-5-7-9-18/h5-9,11,13,16-17,19-20,23-24,28H,10,12,14-15H2,1-4H3,(H,27,29)/b13-11+/t17-,19-,20-,23-,24+,25+,26-/m1/s1. The molecule has 1 amide bonds. The molecule has 2 N–H and O–H groups in total. The van der Waals surface area contributed by atoms with Crippen LogP contribution in [0.3, 0.4) is 0 Å². The number of rotatable bonds is 6. The summed E-state index contributed by atoms with van der Waals surface area (Å²) < 4.78 is 13.0. The normalized spacial score (nSPS) is 38.1. The Morgan fingerprint density at radius 2 is 2.00 bits per heavy atom. The third-order valence-corrected chi connectivity index (χ3v) is 8.16. The first-order valence-electron chi connectivity index (χ1n) is 11.8. The first kappa shape index (κ1) is 23.0. The number of carbonyl (C=O) groups excluding carboxylic acids is 2. The minimum atomic E-state index is -0.682. The zero-order valence-electron chi connectivity index (χ0n) is 19.4. The predicted octanol–water partition coefficient (Wildman–Crippen LogP) is 3.34. The van der Waals surface area contributed by atoms with E-state index in [-0.39, 0.29) is 35.9 Å². The van der Waals surface area contributed by atoms with Crippen molar-refractivity contribution in [3.05, 3.63) is 42.0 Å². The Bertz CT molecular complexity index is 883. The largest absolute Gasteiger partial charge is 0.456 e. The van der Waals surface area contributed by atoms with E-state index in [2.05, 4.69) is 33.0 Å². The van der Waals surface area contributed by atoms with Gasteiger partial charge in [-0.05, 0) is 49.2 Å². The summed E-state index contributed by atoms with van der Waals surface area (Å²) >= 11 is 0. The van der Waals surface area contributed by atoms with Gasteiger partial charge in [0.15, 0.2) is 0 Å². The fraction of sp³-hybridized carbons (Fsp3) is 0.615. The van der Waals surface area contributed by atoms with E-state index in [1.807, 2.05) is 30.3 Å². The van der Waals surface area contributed by atoms with Crippen LogP contribution in [0.1, 0.15) is 52.5 Å². The van der Waals surface area contributed by atoms with E-state index < -0.39 is 23.7 Å². The van der Waals surface area contributed by atoms with Gasteiger partial charge in [0, 0.05) is 18.4 Å². The van der Waals surface area contributed by atoms with Crippen LogP contribution in [0, 0.1) is 23.7 Å². The minimum Gasteiger partial charge on any atom is -0.456 e. The summed E-state index contributed by atoms with van der Waals surface area (Å²) in [6, 6.07) is 9.44. The number of nitrogens with one attached hydrogen (secondary N) is 1. The van der Waals surface area contributed by atoms with Gasteiger partial charge < -0.3 is 19.9 Å². The van der Waals surface area contributed by atoms with Crippen LogP contribution in [-0.4, -0.2) is 46.9 Å². The van der Waals surface area contributed by atoms with Gasteiger partial charge in [0.1, 0.15) is 18.3 Å². The number of esters is 1. The SMILES string of the molecule is CC(C)[C@@]12C[C@@H](NC(=O)CO)[C@@](C)(O1)[C@@H]1CC[C@@H](C)[C@H]1[C@@H]2OC(=O)/C=C/c1ccccc1. The molecule has 1 saturated carbocycles. The molecule has 2 heterocycles. The molecule has 1 aliphatic carbocycles. The van der Waals surface area contributed by atoms with Crippen LogP contribution in [-0.2, 0) is 19.1 Å². The van der Waals surface area contributed by atoms with E-state index in [9.17, 15) is 14.7 Å². The van der Waals surface area contributed by atoms with Crippen molar-refractivity contribution in [2.24, 2.45) is 23.7 Å². The van der Waals surface area contributed by atoms with E-state index in [1.165, 1.54) is 6.08 Å². The number of benzene rings is 1.